The van der Waals surface area contributed by atoms with Gasteiger partial charge in [0.1, 0.15) is 0 Å². The second-order valence-electron chi connectivity index (χ2n) is 4.88. The number of nitrogens with one attached hydrogen (secondary N) is 1. The Bertz CT molecular complexity index is 581. The molecular weight excluding hydrogens is 288 g/mol. The number of hydrogen-bond donors (Lipinski definition) is 1. The van der Waals surface area contributed by atoms with Gasteiger partial charge in [-0.1, -0.05) is 17.7 Å². The maximum atomic E-state index is 12.6. The number of amides is 4. The number of benzene rings is 1. The summed E-state index contributed by atoms with van der Waals surface area (Å²) in [5.74, 6) is 0. The van der Waals surface area contributed by atoms with Crippen molar-refractivity contribution in [1.29, 1.82) is 0 Å². The van der Waals surface area contributed by atoms with Crippen LogP contribution >= 0.6 is 11.8 Å². The Morgan fingerprint density at radius 3 is 2.38 bits per heavy atom. The van der Waals surface area contributed by atoms with Gasteiger partial charge in [-0.15, -0.1) is 11.8 Å². The van der Waals surface area contributed by atoms with Crippen LogP contribution in [0.3, 0.4) is 0 Å². The molecule has 1 saturated heterocycles. The molecule has 4 amide bonds. The van der Waals surface area contributed by atoms with Crippen LogP contribution < -0.4 is 10.2 Å². The van der Waals surface area contributed by atoms with E-state index in [4.69, 9.17) is 0 Å². The van der Waals surface area contributed by atoms with Crippen LogP contribution in [0.4, 0.5) is 15.3 Å². The highest BCUT2D eigenvalue weighted by Crippen LogP contribution is 2.24. The highest BCUT2D eigenvalue weighted by atomic mass is 32.2. The molecule has 1 N–H and O–H groups in total. The van der Waals surface area contributed by atoms with E-state index in [0.717, 1.165) is 16.2 Å². The fourth-order valence-corrected chi connectivity index (χ4v) is 2.47. The van der Waals surface area contributed by atoms with Crippen LogP contribution in [0.1, 0.15) is 19.4 Å². The molecule has 112 valence electrons. The maximum Gasteiger partial charge on any atom is 0.355 e. The molecule has 1 aromatic rings. The third-order valence-corrected chi connectivity index (χ3v) is 3.65. The van der Waals surface area contributed by atoms with Crippen molar-refractivity contribution in [2.45, 2.75) is 26.3 Å². The van der Waals surface area contributed by atoms with E-state index in [1.807, 2.05) is 25.3 Å². The van der Waals surface area contributed by atoms with E-state index in [-0.39, 0.29) is 0 Å². The fraction of sp³-hybridized carbons (Fsp3) is 0.357. The topological polar surface area (TPSA) is 65.0 Å². The summed E-state index contributed by atoms with van der Waals surface area (Å²) in [5.41, 5.74) is 1.82. The van der Waals surface area contributed by atoms with Gasteiger partial charge in [-0.05, 0) is 39.2 Å². The van der Waals surface area contributed by atoms with Gasteiger partial charge in [0.05, 0.1) is 5.69 Å². The summed E-state index contributed by atoms with van der Waals surface area (Å²) in [7, 11) is 0. The van der Waals surface area contributed by atoms with E-state index in [1.165, 1.54) is 16.8 Å². The third kappa shape index (κ3) is 3.18. The van der Waals surface area contributed by atoms with Gasteiger partial charge in [0.2, 0.25) is 0 Å². The third-order valence-electron chi connectivity index (χ3n) is 2.88. The van der Waals surface area contributed by atoms with Crippen LogP contribution in [0.25, 0.3) is 0 Å². The van der Waals surface area contributed by atoms with Gasteiger partial charge in [-0.3, -0.25) is 0 Å². The van der Waals surface area contributed by atoms with Crippen LogP contribution in [0.5, 0.6) is 0 Å². The van der Waals surface area contributed by atoms with Crippen LogP contribution in [-0.2, 0) is 0 Å². The quantitative estimate of drug-likeness (QED) is 0.873. The zero-order valence-electron chi connectivity index (χ0n) is 12.5. The van der Waals surface area contributed by atoms with E-state index < -0.39 is 17.6 Å². The second kappa shape index (κ2) is 6.17. The molecule has 1 aliphatic heterocycles. The maximum absolute atomic E-state index is 12.6. The highest BCUT2D eigenvalue weighted by Gasteiger charge is 2.39. The SMILES string of the molecule is CSC1NC(=O)N(c2ccc(C)cc2)C(=O)N1N=C(C)C. The first-order valence-electron chi connectivity index (χ1n) is 6.49. The zero-order chi connectivity index (χ0) is 15.6. The number of carbonyl (C=O) groups is 2. The Hall–Kier alpha value is -2.02. The molecule has 1 aromatic carbocycles. The summed E-state index contributed by atoms with van der Waals surface area (Å²) < 4.78 is 0. The van der Waals surface area contributed by atoms with Crippen LogP contribution in [0.2, 0.25) is 0 Å². The average molecular weight is 306 g/mol. The summed E-state index contributed by atoms with van der Waals surface area (Å²) in [6, 6.07) is 6.30. The monoisotopic (exact) mass is 306 g/mol. The van der Waals surface area contributed by atoms with Gasteiger partial charge in [-0.25, -0.2) is 14.5 Å². The molecule has 0 saturated carbocycles. The predicted molar refractivity (Wildman–Crippen MR) is 85.5 cm³/mol. The molecule has 0 radical (unpaired) electrons. The van der Waals surface area contributed by atoms with Gasteiger partial charge >= 0.3 is 12.1 Å². The molecule has 7 heteroatoms. The van der Waals surface area contributed by atoms with Crippen molar-refractivity contribution < 1.29 is 9.59 Å². The molecule has 1 atom stereocenters. The van der Waals surface area contributed by atoms with Gasteiger partial charge in [0.15, 0.2) is 5.50 Å². The predicted octanol–water partition coefficient (Wildman–Crippen LogP) is 2.99. The first-order chi connectivity index (χ1) is 9.93. The standard InChI is InChI=1S/C14H18N4O2S/c1-9(2)16-18-13(21-4)15-12(19)17(14(18)20)11-7-5-10(3)6-8-11/h5-8,13H,1-4H3,(H,15,19). The number of hydrogen-bond acceptors (Lipinski definition) is 4. The molecular formula is C14H18N4O2S. The number of urea groups is 2. The lowest BCUT2D eigenvalue weighted by Gasteiger charge is -2.37. The van der Waals surface area contributed by atoms with Crippen molar-refractivity contribution in [3.05, 3.63) is 29.8 Å². The lowest BCUT2D eigenvalue weighted by atomic mass is 10.2. The Morgan fingerprint density at radius 2 is 1.86 bits per heavy atom. The minimum absolute atomic E-state index is 0.441. The van der Waals surface area contributed by atoms with Crippen molar-refractivity contribution in [3.63, 3.8) is 0 Å². The Kier molecular flexibility index (Phi) is 4.52. The summed E-state index contributed by atoms with van der Waals surface area (Å²) in [5, 5.41) is 8.28. The number of imide groups is 1. The molecule has 21 heavy (non-hydrogen) atoms. The lowest BCUT2D eigenvalue weighted by molar-refractivity contribution is 0.180. The molecule has 0 aromatic heterocycles. The molecule has 1 fully saturated rings. The van der Waals surface area contributed by atoms with Gasteiger partial charge in [0.25, 0.3) is 0 Å². The summed E-state index contributed by atoms with van der Waals surface area (Å²) in [6.07, 6.45) is 1.81. The van der Waals surface area contributed by atoms with Crippen molar-refractivity contribution in [1.82, 2.24) is 10.3 Å². The fourth-order valence-electron chi connectivity index (χ4n) is 1.91. The lowest BCUT2D eigenvalue weighted by Crippen LogP contribution is -2.62. The largest absolute Gasteiger partial charge is 0.355 e. The smallest absolute Gasteiger partial charge is 0.306 e. The minimum atomic E-state index is -0.499. The molecule has 0 aliphatic carbocycles. The number of anilines is 1. The Balaban J connectivity index is 2.38. The molecule has 0 spiro atoms. The Morgan fingerprint density at radius 1 is 1.24 bits per heavy atom. The second-order valence-corrected chi connectivity index (χ2v) is 5.80. The summed E-state index contributed by atoms with van der Waals surface area (Å²) >= 11 is 1.34. The normalized spacial score (nSPS) is 18.6. The minimum Gasteiger partial charge on any atom is -0.306 e. The summed E-state index contributed by atoms with van der Waals surface area (Å²) in [4.78, 5) is 25.9. The van der Waals surface area contributed by atoms with E-state index in [0.29, 0.717) is 5.69 Å². The van der Waals surface area contributed by atoms with E-state index >= 15 is 0 Å². The van der Waals surface area contributed by atoms with E-state index in [9.17, 15) is 9.59 Å². The van der Waals surface area contributed by atoms with Crippen LogP contribution in [0.15, 0.2) is 29.4 Å². The molecule has 2 rings (SSSR count). The number of hydrazone groups is 1. The number of rotatable bonds is 3. The van der Waals surface area contributed by atoms with Crippen molar-refractivity contribution in [3.8, 4) is 0 Å². The van der Waals surface area contributed by atoms with Gasteiger partial charge in [-0.2, -0.15) is 10.1 Å². The van der Waals surface area contributed by atoms with E-state index in [2.05, 4.69) is 10.4 Å². The van der Waals surface area contributed by atoms with Crippen molar-refractivity contribution in [2.75, 3.05) is 11.2 Å². The average Bonchev–Trinajstić information content (AvgIpc) is 2.43. The molecule has 1 aliphatic rings. The Labute approximate surface area is 128 Å². The van der Waals surface area contributed by atoms with E-state index in [1.54, 1.807) is 26.0 Å². The number of carbonyl (C=O) groups excluding carboxylic acids is 2. The van der Waals surface area contributed by atoms with Crippen molar-refractivity contribution in [2.24, 2.45) is 5.10 Å². The number of nitrogens with zero attached hydrogens (tertiary/aromatic N) is 3. The number of aryl methyl sites for hydroxylation is 1. The van der Waals surface area contributed by atoms with Crippen molar-refractivity contribution >= 4 is 35.2 Å². The molecule has 1 heterocycles. The van der Waals surface area contributed by atoms with Crippen LogP contribution in [0, 0.1) is 6.92 Å². The zero-order valence-corrected chi connectivity index (χ0v) is 13.3. The highest BCUT2D eigenvalue weighted by molar-refractivity contribution is 7.99. The first-order valence-corrected chi connectivity index (χ1v) is 7.78. The number of thioether (sulfide) groups is 1. The molecule has 1 unspecified atom stereocenters. The molecule has 0 bridgehead atoms. The first kappa shape index (κ1) is 15.4. The van der Waals surface area contributed by atoms with Gasteiger partial charge in [0, 0.05) is 5.71 Å². The van der Waals surface area contributed by atoms with Crippen LogP contribution in [-0.4, -0.2) is 34.5 Å². The summed E-state index contributed by atoms with van der Waals surface area (Å²) in [6.45, 7) is 5.55. The van der Waals surface area contributed by atoms with Gasteiger partial charge < -0.3 is 5.32 Å². The molecule has 6 nitrogen and oxygen atoms in total.